The Labute approximate surface area is 228 Å². The van der Waals surface area contributed by atoms with Crippen LogP contribution in [0, 0.1) is 11.8 Å². The number of aliphatic hydroxyl groups excluding tert-OH is 2. The number of fused-ring (bicyclic) bond motifs is 3. The molecule has 1 saturated carbocycles. The van der Waals surface area contributed by atoms with Crippen molar-refractivity contribution in [2.45, 2.75) is 57.0 Å². The Hall–Kier alpha value is -3.42. The van der Waals surface area contributed by atoms with Crippen LogP contribution in [0.4, 0.5) is 13.2 Å². The third-order valence-electron chi connectivity index (χ3n) is 8.17. The van der Waals surface area contributed by atoms with Gasteiger partial charge in [-0.2, -0.15) is 13.2 Å². The molecule has 218 valence electrons. The SMILES string of the molecule is CCc1cc(CNCCC(F)(F)F)c(O)c2c1C[C@H]1C[C@H]3[C@H](N(C)C)C(=O)C(C(N)=O)=C(O)[C@@]3(O)C(=O)C1=C2O. The number of ketones is 2. The van der Waals surface area contributed by atoms with Crippen LogP contribution in [0.15, 0.2) is 23.0 Å². The zero-order valence-corrected chi connectivity index (χ0v) is 22.2. The average Bonchev–Trinajstić information content (AvgIpc) is 2.84. The van der Waals surface area contributed by atoms with Gasteiger partial charge in [-0.15, -0.1) is 0 Å². The van der Waals surface area contributed by atoms with Crippen molar-refractivity contribution >= 4 is 23.2 Å². The second kappa shape index (κ2) is 10.2. The van der Waals surface area contributed by atoms with Crippen LogP contribution in [0.3, 0.4) is 0 Å². The molecule has 13 heteroatoms. The molecule has 1 aromatic carbocycles. The molecule has 0 aromatic heterocycles. The van der Waals surface area contributed by atoms with Crippen molar-refractivity contribution < 1.29 is 48.0 Å². The Kier molecular flexibility index (Phi) is 7.54. The summed E-state index contributed by atoms with van der Waals surface area (Å²) in [6.45, 7) is 1.28. The molecule has 4 rings (SSSR count). The monoisotopic (exact) mass is 567 g/mol. The van der Waals surface area contributed by atoms with Crippen molar-refractivity contribution in [3.8, 4) is 5.75 Å². The van der Waals surface area contributed by atoms with Crippen LogP contribution in [-0.2, 0) is 33.8 Å². The van der Waals surface area contributed by atoms with E-state index in [4.69, 9.17) is 5.73 Å². The number of amides is 1. The van der Waals surface area contributed by atoms with Crippen LogP contribution in [0.25, 0.3) is 5.76 Å². The number of likely N-dealkylation sites (N-methyl/N-ethyl adjacent to an activating group) is 1. The molecule has 3 aliphatic rings. The average molecular weight is 568 g/mol. The van der Waals surface area contributed by atoms with E-state index in [1.807, 2.05) is 6.92 Å². The summed E-state index contributed by atoms with van der Waals surface area (Å²) in [6.07, 6.45) is -4.88. The highest BCUT2D eigenvalue weighted by Gasteiger charge is 2.64. The Balaban J connectivity index is 1.84. The van der Waals surface area contributed by atoms with Gasteiger partial charge in [0.25, 0.3) is 5.91 Å². The van der Waals surface area contributed by atoms with E-state index in [0.29, 0.717) is 17.5 Å². The molecule has 1 fully saturated rings. The molecule has 7 N–H and O–H groups in total. The van der Waals surface area contributed by atoms with Gasteiger partial charge >= 0.3 is 6.18 Å². The fourth-order valence-electron chi connectivity index (χ4n) is 6.35. The number of aliphatic hydroxyl groups is 3. The molecule has 4 atom stereocenters. The first-order valence-corrected chi connectivity index (χ1v) is 12.8. The number of hydrogen-bond acceptors (Lipinski definition) is 9. The maximum absolute atomic E-state index is 13.9. The van der Waals surface area contributed by atoms with Crippen molar-refractivity contribution in [3.63, 3.8) is 0 Å². The molecule has 1 aromatic rings. The van der Waals surface area contributed by atoms with Crippen LogP contribution in [-0.4, -0.2) is 81.3 Å². The van der Waals surface area contributed by atoms with Crippen molar-refractivity contribution in [1.29, 1.82) is 0 Å². The molecule has 0 radical (unpaired) electrons. The number of nitrogens with two attached hydrogens (primary N) is 1. The second-order valence-corrected chi connectivity index (χ2v) is 10.8. The smallest absolute Gasteiger partial charge is 0.390 e. The number of nitrogens with zero attached hydrogens (tertiary/aromatic N) is 1. The Morgan fingerprint density at radius 2 is 1.85 bits per heavy atom. The number of halogens is 3. The summed E-state index contributed by atoms with van der Waals surface area (Å²) in [7, 11) is 3.04. The summed E-state index contributed by atoms with van der Waals surface area (Å²) in [5, 5.41) is 47.6. The number of nitrogens with one attached hydrogen (secondary N) is 1. The quantitative estimate of drug-likeness (QED) is 0.211. The molecule has 0 bridgehead atoms. The summed E-state index contributed by atoms with van der Waals surface area (Å²) in [5.41, 5.74) is 2.75. The van der Waals surface area contributed by atoms with Gasteiger partial charge in [-0.1, -0.05) is 13.0 Å². The molecule has 10 nitrogen and oxygen atoms in total. The highest BCUT2D eigenvalue weighted by atomic mass is 19.4. The lowest BCUT2D eigenvalue weighted by atomic mass is 9.57. The lowest BCUT2D eigenvalue weighted by molar-refractivity contribution is -0.153. The summed E-state index contributed by atoms with van der Waals surface area (Å²) >= 11 is 0. The molecule has 0 saturated heterocycles. The number of alkyl halides is 3. The first-order valence-electron chi connectivity index (χ1n) is 12.8. The zero-order chi connectivity index (χ0) is 29.9. The minimum Gasteiger partial charge on any atom is -0.508 e. The molecule has 0 spiro atoms. The van der Waals surface area contributed by atoms with Gasteiger partial charge in [0.2, 0.25) is 5.78 Å². The van der Waals surface area contributed by atoms with Gasteiger partial charge < -0.3 is 31.5 Å². The number of phenols is 1. The third kappa shape index (κ3) is 4.55. The number of primary amides is 1. The largest absolute Gasteiger partial charge is 0.508 e. The minimum absolute atomic E-state index is 0.0313. The van der Waals surface area contributed by atoms with E-state index >= 15 is 0 Å². The number of hydrogen-bond donors (Lipinski definition) is 6. The molecular formula is C27H32F3N3O7. The Morgan fingerprint density at radius 3 is 2.40 bits per heavy atom. The molecule has 0 aliphatic heterocycles. The van der Waals surface area contributed by atoms with Crippen LogP contribution in [0.5, 0.6) is 5.75 Å². The van der Waals surface area contributed by atoms with E-state index in [0.717, 1.165) is 0 Å². The van der Waals surface area contributed by atoms with E-state index in [1.165, 1.54) is 19.0 Å². The number of aromatic hydroxyl groups is 1. The summed E-state index contributed by atoms with van der Waals surface area (Å²) in [5.74, 6) is -7.41. The van der Waals surface area contributed by atoms with Crippen molar-refractivity contribution in [3.05, 3.63) is 45.2 Å². The normalized spacial score (nSPS) is 26.6. The molecule has 40 heavy (non-hydrogen) atoms. The number of aryl methyl sites for hydroxylation is 1. The number of carbonyl (C=O) groups is 3. The molecule has 1 amide bonds. The van der Waals surface area contributed by atoms with Gasteiger partial charge in [0.05, 0.1) is 18.0 Å². The maximum Gasteiger partial charge on any atom is 0.390 e. The minimum atomic E-state index is -4.36. The van der Waals surface area contributed by atoms with E-state index in [9.17, 15) is 48.0 Å². The third-order valence-corrected chi connectivity index (χ3v) is 8.17. The molecular weight excluding hydrogens is 535 g/mol. The first kappa shape index (κ1) is 29.6. The van der Waals surface area contributed by atoms with Crippen LogP contribution in [0.1, 0.15) is 42.0 Å². The Morgan fingerprint density at radius 1 is 1.20 bits per heavy atom. The highest BCUT2D eigenvalue weighted by molar-refractivity contribution is 6.24. The van der Waals surface area contributed by atoms with E-state index in [1.54, 1.807) is 6.07 Å². The van der Waals surface area contributed by atoms with E-state index in [-0.39, 0.29) is 36.1 Å². The predicted octanol–water partition coefficient (Wildman–Crippen LogP) is 1.57. The molecule has 0 unspecified atom stereocenters. The zero-order valence-electron chi connectivity index (χ0n) is 22.2. The van der Waals surface area contributed by atoms with Gasteiger partial charge in [-0.3, -0.25) is 19.3 Å². The topological polar surface area (TPSA) is 173 Å². The number of carbonyl (C=O) groups excluding carboxylic acids is 3. The fourth-order valence-corrected chi connectivity index (χ4v) is 6.35. The number of phenolic OH excluding ortho intramolecular Hbond substituents is 1. The van der Waals surface area contributed by atoms with E-state index < -0.39 is 82.9 Å². The van der Waals surface area contributed by atoms with E-state index in [2.05, 4.69) is 5.32 Å². The van der Waals surface area contributed by atoms with Gasteiger partial charge in [0, 0.05) is 30.1 Å². The van der Waals surface area contributed by atoms with Gasteiger partial charge in [0.15, 0.2) is 11.4 Å². The summed E-state index contributed by atoms with van der Waals surface area (Å²) in [4.78, 5) is 40.5. The maximum atomic E-state index is 13.9. The van der Waals surface area contributed by atoms with Gasteiger partial charge in [-0.25, -0.2) is 0 Å². The van der Waals surface area contributed by atoms with Crippen molar-refractivity contribution in [2.75, 3.05) is 20.6 Å². The van der Waals surface area contributed by atoms with Crippen molar-refractivity contribution in [1.82, 2.24) is 10.2 Å². The lowest BCUT2D eigenvalue weighted by Crippen LogP contribution is -2.65. The first-order chi connectivity index (χ1) is 18.6. The fraction of sp³-hybridized carbons (Fsp3) is 0.519. The molecule has 3 aliphatic carbocycles. The van der Waals surface area contributed by atoms with Gasteiger partial charge in [0.1, 0.15) is 22.8 Å². The van der Waals surface area contributed by atoms with Crippen molar-refractivity contribution in [2.24, 2.45) is 17.6 Å². The number of benzene rings is 1. The van der Waals surface area contributed by atoms with Crippen LogP contribution >= 0.6 is 0 Å². The predicted molar refractivity (Wildman–Crippen MR) is 136 cm³/mol. The van der Waals surface area contributed by atoms with Crippen LogP contribution < -0.4 is 11.1 Å². The highest BCUT2D eigenvalue weighted by Crippen LogP contribution is 2.53. The number of rotatable bonds is 7. The summed E-state index contributed by atoms with van der Waals surface area (Å²) in [6, 6.07) is 0.454. The lowest BCUT2D eigenvalue weighted by Gasteiger charge is -2.50. The van der Waals surface area contributed by atoms with Crippen LogP contribution in [0.2, 0.25) is 0 Å². The molecule has 0 heterocycles. The Bertz CT molecular complexity index is 1350. The van der Waals surface area contributed by atoms with Gasteiger partial charge in [-0.05, 0) is 50.4 Å². The summed E-state index contributed by atoms with van der Waals surface area (Å²) < 4.78 is 37.6. The standard InChI is InChI=1S/C27H32F3N3O7/c1-4-11-7-13(10-32-6-5-26(28,29)30)20(34)17-14(11)8-12-9-15-19(33(2)3)22(36)18(25(31)39)24(38)27(15,40)23(37)16(12)21(17)35/h7,12,15,19,32,34-35,38,40H,4-6,8-10H2,1-3H3,(H2,31,39)/t12-,15-,19-,27-/m0/s1. The number of Topliss-reactive ketones (excluding diaryl/α,β-unsaturated/α-hetero) is 2. The second-order valence-electron chi connectivity index (χ2n) is 10.8.